The number of benzene rings is 9. The van der Waals surface area contributed by atoms with E-state index in [2.05, 4.69) is 17.0 Å². The van der Waals surface area contributed by atoms with Crippen molar-refractivity contribution >= 4 is 56.7 Å². The fourth-order valence-corrected chi connectivity index (χ4v) is 11.9. The number of hydrogen-bond donors (Lipinski definition) is 1. The first-order valence-electron chi connectivity index (χ1n) is 26.5. The summed E-state index contributed by atoms with van der Waals surface area (Å²) in [7, 11) is -3.82. The van der Waals surface area contributed by atoms with Crippen LogP contribution in [-0.2, 0) is 21.1 Å². The van der Waals surface area contributed by atoms with Crippen LogP contribution in [0.25, 0.3) is 72.3 Å². The van der Waals surface area contributed by atoms with Crippen LogP contribution in [0.2, 0.25) is 0 Å². The summed E-state index contributed by atoms with van der Waals surface area (Å²) in [5.41, 5.74) is 3.63. The Kier molecular flexibility index (Phi) is 8.67. The molecule has 12 aromatic rings. The minimum atomic E-state index is -3.82. The van der Waals surface area contributed by atoms with E-state index in [-0.39, 0.29) is 54.9 Å². The second-order valence-electron chi connectivity index (χ2n) is 15.8. The zero-order valence-corrected chi connectivity index (χ0v) is 39.1. The topological polar surface area (TPSA) is 56.1 Å². The summed E-state index contributed by atoms with van der Waals surface area (Å²) in [4.78, 5) is 18.5. The van der Waals surface area contributed by atoms with Crippen molar-refractivity contribution in [2.75, 3.05) is 0 Å². The first-order valence-corrected chi connectivity index (χ1v) is 23.5. The molecule has 9 aromatic carbocycles. The summed E-state index contributed by atoms with van der Waals surface area (Å²) in [6.07, 6.45) is 3.40. The average Bonchev–Trinajstić information content (AvgIpc) is 4.13. The van der Waals surface area contributed by atoms with E-state index in [1.165, 1.54) is 0 Å². The molecule has 0 radical (unpaired) electrons. The van der Waals surface area contributed by atoms with E-state index in [0.29, 0.717) is 27.8 Å². The minimum absolute atomic E-state index is 0. The molecule has 12 rings (SSSR count). The van der Waals surface area contributed by atoms with E-state index in [9.17, 15) is 4.80 Å². The minimum Gasteiger partial charge on any atom is -0.465 e. The number of ether oxygens (including phenoxy) is 1. The summed E-state index contributed by atoms with van der Waals surface area (Å²) in [5.74, 6) is 0.800. The van der Waals surface area contributed by atoms with Crippen LogP contribution < -0.4 is 24.9 Å². The Labute approximate surface area is 423 Å². The van der Waals surface area contributed by atoms with Gasteiger partial charge in [0.1, 0.15) is 0 Å². The first-order chi connectivity index (χ1) is 37.3. The molecule has 6 nitrogen and oxygen atoms in total. The van der Waals surface area contributed by atoms with Crippen molar-refractivity contribution in [3.05, 3.63) is 255 Å². The van der Waals surface area contributed by atoms with Gasteiger partial charge in [0.15, 0.2) is 5.82 Å². The quantitative estimate of drug-likeness (QED) is 0.0643. The third kappa shape index (κ3) is 7.38. The predicted octanol–water partition coefficient (Wildman–Crippen LogP) is 11.1. The second kappa shape index (κ2) is 18.0. The standard InChI is InChI=1S/C60H41N4O2Si.Pt/c65-67(46-28-12-4-13-29-46,47-30-14-5-15-31-47)48-40-55-59(51-32-16-17-35-52(51)64(55)45-26-10-3-11-27-45)56(41-48)66-58-39-21-38-57(61-58)62-42-63(54-37-19-18-36-53(54)62)60-49(43-22-6-1-7-23-43)33-20-34-50(60)44-24-8-2-9-25-44;/h1-40,65H;/q-1;+2/i1D,2D,6D,7D,8D,9D,22D,23D,24D,25D;. The zero-order valence-electron chi connectivity index (χ0n) is 45.8. The fraction of sp³-hybridized carbons (Fsp3) is 0. The van der Waals surface area contributed by atoms with Gasteiger partial charge in [0.2, 0.25) is 5.88 Å². The molecule has 0 amide bonds. The maximum Gasteiger partial charge on any atom is 2.00 e. The maximum absolute atomic E-state index is 13.4. The summed E-state index contributed by atoms with van der Waals surface area (Å²) in [5, 5.41) is 3.66. The number of fused-ring (bicyclic) bond motifs is 4. The van der Waals surface area contributed by atoms with Gasteiger partial charge in [-0.05, 0) is 68.3 Å². The van der Waals surface area contributed by atoms with Crippen molar-refractivity contribution in [1.29, 1.82) is 0 Å². The van der Waals surface area contributed by atoms with Gasteiger partial charge in [0, 0.05) is 17.0 Å². The molecule has 0 atom stereocenters. The number of imidazole rings is 1. The Morgan fingerprint density at radius 2 is 1.13 bits per heavy atom. The van der Waals surface area contributed by atoms with Crippen LogP contribution in [0, 0.1) is 12.4 Å². The van der Waals surface area contributed by atoms with Gasteiger partial charge < -0.3 is 14.1 Å². The average molecular weight is 1080 g/mol. The molecule has 0 unspecified atom stereocenters. The van der Waals surface area contributed by atoms with Crippen LogP contribution in [0.1, 0.15) is 13.7 Å². The van der Waals surface area contributed by atoms with Crippen molar-refractivity contribution in [3.8, 4) is 51.1 Å². The summed E-state index contributed by atoms with van der Waals surface area (Å²) in [6.45, 7) is 0. The van der Waals surface area contributed by atoms with Gasteiger partial charge >= 0.3 is 21.1 Å². The van der Waals surface area contributed by atoms with Gasteiger partial charge in [-0.1, -0.05) is 217 Å². The second-order valence-corrected chi connectivity index (χ2v) is 18.9. The molecule has 0 fully saturated rings. The molecule has 0 saturated heterocycles. The molecule has 8 heteroatoms. The van der Waals surface area contributed by atoms with Gasteiger partial charge in [0.25, 0.3) is 14.6 Å². The van der Waals surface area contributed by atoms with Crippen molar-refractivity contribution in [1.82, 2.24) is 14.1 Å². The molecule has 3 heterocycles. The fourth-order valence-electron chi connectivity index (χ4n) is 9.00. The largest absolute Gasteiger partial charge is 2.00 e. The number of nitrogens with zero attached hydrogens (tertiary/aromatic N) is 4. The smallest absolute Gasteiger partial charge is 0.465 e. The van der Waals surface area contributed by atoms with Crippen LogP contribution in [0.4, 0.5) is 0 Å². The van der Waals surface area contributed by atoms with Crippen LogP contribution in [0.5, 0.6) is 11.6 Å². The van der Waals surface area contributed by atoms with E-state index in [4.69, 9.17) is 23.4 Å². The SMILES string of the molecule is [2H]c1c([2H])c([2H])c(-c2cccc(-c3c([2H])c([2H])c([2H])c([2H])c3[2H])c2-[n+]2[c-]n(-c3cccc(Oc4[c-]c([Si](O)(c5ccccc5)c5ccccc5)cc5c4c4ccccc4n5-c4ccccc4)n3)c3ccccc32)c([2H])c1[2H].[Pt+2]. The number of aromatic nitrogens is 4. The van der Waals surface area contributed by atoms with Crippen molar-refractivity contribution in [2.45, 2.75) is 0 Å². The Balaban J connectivity index is 0.00000645. The van der Waals surface area contributed by atoms with Gasteiger partial charge in [-0.15, -0.1) is 17.3 Å². The van der Waals surface area contributed by atoms with E-state index in [0.717, 1.165) is 37.9 Å². The van der Waals surface area contributed by atoms with E-state index >= 15 is 0 Å². The summed E-state index contributed by atoms with van der Waals surface area (Å²) < 4.78 is 100. The monoisotopic (exact) mass is 1080 g/mol. The van der Waals surface area contributed by atoms with Crippen molar-refractivity contribution in [2.24, 2.45) is 0 Å². The van der Waals surface area contributed by atoms with Crippen LogP contribution in [0.15, 0.2) is 242 Å². The molecule has 68 heavy (non-hydrogen) atoms. The van der Waals surface area contributed by atoms with Gasteiger partial charge in [-0.25, -0.2) is 4.98 Å². The first kappa shape index (κ1) is 32.7. The molecule has 0 aliphatic heterocycles. The molecule has 0 bridgehead atoms. The third-order valence-corrected chi connectivity index (χ3v) is 15.3. The zero-order chi connectivity index (χ0) is 53.4. The third-order valence-electron chi connectivity index (χ3n) is 12.0. The molecule has 0 aliphatic carbocycles. The molecule has 1 N–H and O–H groups in total. The number of para-hydroxylation sites is 5. The van der Waals surface area contributed by atoms with Crippen LogP contribution >= 0.6 is 0 Å². The molecule has 326 valence electrons. The van der Waals surface area contributed by atoms with Crippen LogP contribution in [0.3, 0.4) is 0 Å². The number of rotatable bonds is 10. The maximum atomic E-state index is 13.4. The summed E-state index contributed by atoms with van der Waals surface area (Å²) in [6, 6.07) is 54.6. The molecule has 0 saturated carbocycles. The molecular formula is C60H41N4O2PtSi+. The Hall–Kier alpha value is -7.93. The number of pyridine rings is 1. The van der Waals surface area contributed by atoms with Crippen LogP contribution in [-0.4, -0.2) is 27.2 Å². The molecular weight excluding hydrogens is 1030 g/mol. The van der Waals surface area contributed by atoms with Crippen molar-refractivity contribution in [3.63, 3.8) is 0 Å². The van der Waals surface area contributed by atoms with E-state index < -0.39 is 68.7 Å². The summed E-state index contributed by atoms with van der Waals surface area (Å²) >= 11 is 0. The Morgan fingerprint density at radius 1 is 0.574 bits per heavy atom. The van der Waals surface area contributed by atoms with E-state index in [1.807, 2.05) is 133 Å². The molecule has 0 aliphatic rings. The van der Waals surface area contributed by atoms with Gasteiger partial charge in [-0.3, -0.25) is 9.13 Å². The Morgan fingerprint density at radius 3 is 1.78 bits per heavy atom. The molecule has 3 aromatic heterocycles. The number of hydrogen-bond acceptors (Lipinski definition) is 3. The molecule has 0 spiro atoms. The van der Waals surface area contributed by atoms with Crippen molar-refractivity contribution < 1.29 is 48.9 Å². The van der Waals surface area contributed by atoms with E-state index in [1.54, 1.807) is 57.7 Å². The Bertz CT molecular complexity index is 4170. The van der Waals surface area contributed by atoms with Gasteiger partial charge in [0.05, 0.1) is 30.4 Å². The predicted molar refractivity (Wildman–Crippen MR) is 272 cm³/mol. The van der Waals surface area contributed by atoms with Gasteiger partial charge in [-0.2, -0.15) is 0 Å². The normalized spacial score (nSPS) is 13.5.